The lowest BCUT2D eigenvalue weighted by molar-refractivity contribution is 0.788. The predicted molar refractivity (Wildman–Crippen MR) is 75.4 cm³/mol. The minimum Gasteiger partial charge on any atom is -0.369 e. The first-order chi connectivity index (χ1) is 9.81. The van der Waals surface area contributed by atoms with Crippen LogP contribution < -0.4 is 5.32 Å². The fraction of sp³-hybridized carbons (Fsp3) is 0.214. The molecule has 1 aliphatic heterocycles. The van der Waals surface area contributed by atoms with E-state index in [-0.39, 0.29) is 0 Å². The van der Waals surface area contributed by atoms with Gasteiger partial charge in [-0.2, -0.15) is 5.10 Å². The van der Waals surface area contributed by atoms with E-state index >= 15 is 0 Å². The van der Waals surface area contributed by atoms with Gasteiger partial charge in [0.15, 0.2) is 5.82 Å². The van der Waals surface area contributed by atoms with Crippen LogP contribution in [0.15, 0.2) is 36.8 Å². The number of anilines is 1. The Balaban J connectivity index is 1.82. The lowest BCUT2D eigenvalue weighted by Gasteiger charge is -2.08. The highest BCUT2D eigenvalue weighted by atomic mass is 15.4. The van der Waals surface area contributed by atoms with Gasteiger partial charge in [-0.05, 0) is 25.5 Å². The highest BCUT2D eigenvalue weighted by Gasteiger charge is 2.18. The van der Waals surface area contributed by atoms with Crippen molar-refractivity contribution in [3.8, 4) is 11.5 Å². The summed E-state index contributed by atoms with van der Waals surface area (Å²) >= 11 is 0. The minimum absolute atomic E-state index is 0.809. The largest absolute Gasteiger partial charge is 0.369 e. The molecule has 6 nitrogen and oxygen atoms in total. The Hall–Kier alpha value is -2.63. The number of nitrogens with one attached hydrogen (secondary N) is 1. The van der Waals surface area contributed by atoms with Crippen molar-refractivity contribution in [3.05, 3.63) is 48.0 Å². The molecular weight excluding hydrogens is 252 g/mol. The van der Waals surface area contributed by atoms with Crippen molar-refractivity contribution in [2.75, 3.05) is 11.9 Å². The SMILES string of the molecule is Cc1cc(-n2ccc(-n3cccn3)n2)c2c(n1)NCC2. The van der Waals surface area contributed by atoms with Gasteiger partial charge in [0.2, 0.25) is 0 Å². The molecule has 3 aromatic heterocycles. The summed E-state index contributed by atoms with van der Waals surface area (Å²) in [6.45, 7) is 2.94. The average Bonchev–Trinajstić information content (AvgIpc) is 3.18. The number of hydrogen-bond donors (Lipinski definition) is 1. The fourth-order valence-corrected chi connectivity index (χ4v) is 2.56. The summed E-state index contributed by atoms with van der Waals surface area (Å²) in [4.78, 5) is 4.53. The van der Waals surface area contributed by atoms with Crippen molar-refractivity contribution in [2.45, 2.75) is 13.3 Å². The monoisotopic (exact) mass is 266 g/mol. The first kappa shape index (κ1) is 11.2. The summed E-state index contributed by atoms with van der Waals surface area (Å²) in [7, 11) is 0. The normalized spacial score (nSPS) is 13.2. The zero-order valence-electron chi connectivity index (χ0n) is 11.1. The van der Waals surface area contributed by atoms with Gasteiger partial charge >= 0.3 is 0 Å². The molecule has 0 radical (unpaired) electrons. The average molecular weight is 266 g/mol. The molecule has 0 fully saturated rings. The van der Waals surface area contributed by atoms with Gasteiger partial charge in [0, 0.05) is 42.5 Å². The first-order valence-corrected chi connectivity index (χ1v) is 6.62. The van der Waals surface area contributed by atoms with Crippen LogP contribution in [0.5, 0.6) is 0 Å². The van der Waals surface area contributed by atoms with E-state index in [4.69, 9.17) is 0 Å². The van der Waals surface area contributed by atoms with Gasteiger partial charge in [-0.25, -0.2) is 14.3 Å². The third kappa shape index (κ3) is 1.69. The second-order valence-corrected chi connectivity index (χ2v) is 4.86. The van der Waals surface area contributed by atoms with Crippen molar-refractivity contribution >= 4 is 5.82 Å². The second-order valence-electron chi connectivity index (χ2n) is 4.86. The summed E-state index contributed by atoms with van der Waals surface area (Å²) in [5.41, 5.74) is 3.31. The smallest absolute Gasteiger partial charge is 0.175 e. The van der Waals surface area contributed by atoms with Crippen LogP contribution in [-0.2, 0) is 6.42 Å². The van der Waals surface area contributed by atoms with E-state index in [0.29, 0.717) is 0 Å². The molecule has 4 rings (SSSR count). The number of rotatable bonds is 2. The molecule has 0 aliphatic carbocycles. The van der Waals surface area contributed by atoms with Crippen LogP contribution in [-0.4, -0.2) is 31.1 Å². The van der Waals surface area contributed by atoms with Crippen LogP contribution in [0.4, 0.5) is 5.82 Å². The van der Waals surface area contributed by atoms with E-state index in [1.165, 1.54) is 5.56 Å². The molecule has 1 N–H and O–H groups in total. The highest BCUT2D eigenvalue weighted by molar-refractivity contribution is 5.59. The lowest BCUT2D eigenvalue weighted by Crippen LogP contribution is -2.03. The van der Waals surface area contributed by atoms with Gasteiger partial charge in [0.05, 0.1) is 5.69 Å². The van der Waals surface area contributed by atoms with E-state index in [0.717, 1.165) is 36.0 Å². The second kappa shape index (κ2) is 4.19. The molecule has 3 aromatic rings. The van der Waals surface area contributed by atoms with Crippen molar-refractivity contribution in [1.82, 2.24) is 24.5 Å². The van der Waals surface area contributed by atoms with Crippen LogP contribution in [0.3, 0.4) is 0 Å². The van der Waals surface area contributed by atoms with Gasteiger partial charge in [0.25, 0.3) is 0 Å². The van der Waals surface area contributed by atoms with Crippen LogP contribution >= 0.6 is 0 Å². The molecule has 0 spiro atoms. The summed E-state index contributed by atoms with van der Waals surface area (Å²) in [6.07, 6.45) is 6.58. The molecular formula is C14H14N6. The molecule has 0 amide bonds. The standard InChI is InChI=1S/C14H14N6/c1-10-9-12(11-3-6-15-14(11)17-10)19-8-4-13(18-19)20-7-2-5-16-20/h2,4-5,7-9H,3,6H2,1H3,(H,15,17). The van der Waals surface area contributed by atoms with Gasteiger partial charge in [-0.3, -0.25) is 0 Å². The van der Waals surface area contributed by atoms with Crippen LogP contribution in [0, 0.1) is 6.92 Å². The molecule has 4 heterocycles. The number of fused-ring (bicyclic) bond motifs is 1. The molecule has 0 atom stereocenters. The maximum atomic E-state index is 4.60. The lowest BCUT2D eigenvalue weighted by atomic mass is 10.1. The zero-order valence-corrected chi connectivity index (χ0v) is 11.1. The van der Waals surface area contributed by atoms with Crippen molar-refractivity contribution in [3.63, 3.8) is 0 Å². The summed E-state index contributed by atoms with van der Waals surface area (Å²) in [5.74, 6) is 1.79. The van der Waals surface area contributed by atoms with Gasteiger partial charge in [-0.1, -0.05) is 0 Å². The molecule has 0 bridgehead atoms. The maximum Gasteiger partial charge on any atom is 0.175 e. The Labute approximate surface area is 116 Å². The van der Waals surface area contributed by atoms with Crippen LogP contribution in [0.25, 0.3) is 11.5 Å². The molecule has 0 saturated heterocycles. The fourth-order valence-electron chi connectivity index (χ4n) is 2.56. The number of pyridine rings is 1. The van der Waals surface area contributed by atoms with E-state index < -0.39 is 0 Å². The number of aryl methyl sites for hydroxylation is 1. The van der Waals surface area contributed by atoms with Crippen LogP contribution in [0.1, 0.15) is 11.3 Å². The first-order valence-electron chi connectivity index (χ1n) is 6.62. The van der Waals surface area contributed by atoms with Crippen molar-refractivity contribution < 1.29 is 0 Å². The summed E-state index contributed by atoms with van der Waals surface area (Å²) in [6, 6.07) is 5.92. The van der Waals surface area contributed by atoms with Crippen molar-refractivity contribution in [2.24, 2.45) is 0 Å². The quantitative estimate of drug-likeness (QED) is 0.767. The highest BCUT2D eigenvalue weighted by Crippen LogP contribution is 2.27. The minimum atomic E-state index is 0.809. The van der Waals surface area contributed by atoms with E-state index in [9.17, 15) is 0 Å². The number of aromatic nitrogens is 5. The summed E-state index contributed by atoms with van der Waals surface area (Å²) < 4.78 is 3.65. The summed E-state index contributed by atoms with van der Waals surface area (Å²) in [5, 5.41) is 12.1. The Morgan fingerprint density at radius 3 is 3.05 bits per heavy atom. The molecule has 1 aliphatic rings. The zero-order chi connectivity index (χ0) is 13.5. The Morgan fingerprint density at radius 2 is 2.20 bits per heavy atom. The Kier molecular flexibility index (Phi) is 2.35. The molecule has 0 aromatic carbocycles. The number of hydrogen-bond acceptors (Lipinski definition) is 4. The van der Waals surface area contributed by atoms with Gasteiger partial charge < -0.3 is 5.32 Å². The van der Waals surface area contributed by atoms with E-state index in [1.807, 2.05) is 36.1 Å². The molecule has 0 saturated carbocycles. The van der Waals surface area contributed by atoms with Crippen LogP contribution in [0.2, 0.25) is 0 Å². The number of nitrogens with zero attached hydrogens (tertiary/aromatic N) is 5. The van der Waals surface area contributed by atoms with Gasteiger partial charge in [0.1, 0.15) is 5.82 Å². The molecule has 0 unspecified atom stereocenters. The molecule has 20 heavy (non-hydrogen) atoms. The topological polar surface area (TPSA) is 60.6 Å². The predicted octanol–water partition coefficient (Wildman–Crippen LogP) is 1.73. The van der Waals surface area contributed by atoms with E-state index in [2.05, 4.69) is 26.6 Å². The third-order valence-electron chi connectivity index (χ3n) is 3.46. The van der Waals surface area contributed by atoms with Gasteiger partial charge in [-0.15, -0.1) is 5.10 Å². The third-order valence-corrected chi connectivity index (χ3v) is 3.46. The molecule has 100 valence electrons. The maximum absolute atomic E-state index is 4.60. The Morgan fingerprint density at radius 1 is 1.25 bits per heavy atom. The van der Waals surface area contributed by atoms with Crippen molar-refractivity contribution in [1.29, 1.82) is 0 Å². The molecule has 6 heteroatoms. The van der Waals surface area contributed by atoms with E-state index in [1.54, 1.807) is 10.9 Å². The Bertz CT molecular complexity index is 756.